The van der Waals surface area contributed by atoms with E-state index >= 15 is 0 Å². The van der Waals surface area contributed by atoms with Crippen molar-refractivity contribution in [3.63, 3.8) is 0 Å². The van der Waals surface area contributed by atoms with E-state index in [1.807, 2.05) is 0 Å². The van der Waals surface area contributed by atoms with Crippen molar-refractivity contribution >= 4 is 17.9 Å². The molecule has 0 bridgehead atoms. The third-order valence-corrected chi connectivity index (χ3v) is 2.43. The van der Waals surface area contributed by atoms with Crippen LogP contribution in [0.3, 0.4) is 0 Å². The third kappa shape index (κ3) is 3.67. The molecule has 0 saturated heterocycles. The van der Waals surface area contributed by atoms with Gasteiger partial charge >= 0.3 is 5.97 Å². The summed E-state index contributed by atoms with van der Waals surface area (Å²) in [5.74, 6) is -0.927. The van der Waals surface area contributed by atoms with Crippen LogP contribution in [0.25, 0.3) is 0 Å². The second-order valence-corrected chi connectivity index (χ2v) is 3.96. The molecule has 108 valence electrons. The van der Waals surface area contributed by atoms with Gasteiger partial charge in [0.2, 0.25) is 0 Å². The number of nitro groups is 1. The molecule has 8 heteroatoms. The highest BCUT2D eigenvalue weighted by atomic mass is 16.6. The lowest BCUT2D eigenvalue weighted by molar-refractivity contribution is -0.385. The highest BCUT2D eigenvalue weighted by molar-refractivity contribution is 5.83. The molecule has 0 aromatic heterocycles. The molecule has 1 aromatic rings. The summed E-state index contributed by atoms with van der Waals surface area (Å²) >= 11 is 0. The fraction of sp³-hybridized carbons (Fsp3) is 0.333. The summed E-state index contributed by atoms with van der Waals surface area (Å²) in [6.07, 6.45) is -0.639. The molecule has 0 radical (unpaired) electrons. The van der Waals surface area contributed by atoms with Crippen LogP contribution in [-0.2, 0) is 4.79 Å². The van der Waals surface area contributed by atoms with Gasteiger partial charge in [0.1, 0.15) is 6.10 Å². The molecular weight excluding hydrogens is 270 g/mol. The zero-order valence-corrected chi connectivity index (χ0v) is 10.9. The van der Waals surface area contributed by atoms with Crippen molar-refractivity contribution in [3.8, 4) is 11.5 Å². The van der Waals surface area contributed by atoms with Crippen molar-refractivity contribution in [1.82, 2.24) is 0 Å². The summed E-state index contributed by atoms with van der Waals surface area (Å²) in [4.78, 5) is 31.5. The number of carboxylic acids is 1. The summed E-state index contributed by atoms with van der Waals surface area (Å²) in [6, 6.07) is 2.22. The van der Waals surface area contributed by atoms with Crippen molar-refractivity contribution < 1.29 is 29.1 Å². The Hall–Kier alpha value is -2.64. The summed E-state index contributed by atoms with van der Waals surface area (Å²) in [5.41, 5.74) is -0.580. The predicted molar refractivity (Wildman–Crippen MR) is 67.4 cm³/mol. The monoisotopic (exact) mass is 283 g/mol. The number of nitro benzene ring substituents is 1. The summed E-state index contributed by atoms with van der Waals surface area (Å²) in [5, 5.41) is 19.5. The molecule has 0 fully saturated rings. The molecule has 1 unspecified atom stereocenters. The Bertz CT molecular complexity index is 541. The van der Waals surface area contributed by atoms with E-state index < -0.39 is 22.7 Å². The summed E-state index contributed by atoms with van der Waals surface area (Å²) in [6.45, 7) is 1.51. The highest BCUT2D eigenvalue weighted by Gasteiger charge is 2.21. The Balaban J connectivity index is 3.17. The van der Waals surface area contributed by atoms with Crippen molar-refractivity contribution in [2.75, 3.05) is 7.11 Å². The normalized spacial score (nSPS) is 11.5. The van der Waals surface area contributed by atoms with Crippen LogP contribution in [0, 0.1) is 10.1 Å². The summed E-state index contributed by atoms with van der Waals surface area (Å²) in [7, 11) is 1.31. The van der Waals surface area contributed by atoms with Crippen molar-refractivity contribution in [2.45, 2.75) is 19.4 Å². The molecule has 0 spiro atoms. The van der Waals surface area contributed by atoms with Crippen molar-refractivity contribution in [2.24, 2.45) is 0 Å². The third-order valence-electron chi connectivity index (χ3n) is 2.43. The maximum Gasteiger partial charge on any atom is 0.307 e. The first-order chi connectivity index (χ1) is 9.38. The maximum absolute atomic E-state index is 10.9. The minimum Gasteiger partial charge on any atom is -0.493 e. The smallest absolute Gasteiger partial charge is 0.307 e. The van der Waals surface area contributed by atoms with Crippen LogP contribution in [0.15, 0.2) is 12.1 Å². The van der Waals surface area contributed by atoms with Gasteiger partial charge in [-0.05, 0) is 6.92 Å². The molecule has 1 atom stereocenters. The minimum atomic E-state index is -1.06. The molecule has 1 aromatic carbocycles. The van der Waals surface area contributed by atoms with Gasteiger partial charge in [-0.3, -0.25) is 19.7 Å². The Kier molecular flexibility index (Phi) is 5.01. The Morgan fingerprint density at radius 3 is 2.60 bits per heavy atom. The van der Waals surface area contributed by atoms with E-state index in [1.54, 1.807) is 0 Å². The first kappa shape index (κ1) is 15.4. The van der Waals surface area contributed by atoms with Gasteiger partial charge in [0.25, 0.3) is 5.69 Å². The average Bonchev–Trinajstić information content (AvgIpc) is 2.36. The topological polar surface area (TPSA) is 116 Å². The molecule has 0 aliphatic heterocycles. The molecule has 1 N–H and O–H groups in total. The fourth-order valence-corrected chi connectivity index (χ4v) is 1.57. The van der Waals surface area contributed by atoms with Gasteiger partial charge in [0.05, 0.1) is 30.1 Å². The number of methoxy groups -OCH3 is 1. The number of carbonyl (C=O) groups excluding carboxylic acids is 1. The number of rotatable bonds is 7. The molecule has 0 aliphatic carbocycles. The second-order valence-electron chi connectivity index (χ2n) is 3.96. The van der Waals surface area contributed by atoms with Gasteiger partial charge in [0, 0.05) is 6.07 Å². The predicted octanol–water partition coefficient (Wildman–Crippen LogP) is 1.66. The molecular formula is C12H13NO7. The van der Waals surface area contributed by atoms with Gasteiger partial charge < -0.3 is 14.6 Å². The van der Waals surface area contributed by atoms with E-state index in [4.69, 9.17) is 14.6 Å². The molecule has 0 aliphatic rings. The lowest BCUT2D eigenvalue weighted by atomic mass is 10.1. The number of aliphatic carboxylic acids is 1. The standard InChI is InChI=1S/C12H13NO7/c1-7(3-12(15)16)20-11-5-9(13(17)18)8(6-14)4-10(11)19-2/h4-7H,3H2,1-2H3,(H,15,16). The van der Waals surface area contributed by atoms with Crippen LogP contribution in [-0.4, -0.2) is 35.5 Å². The van der Waals surface area contributed by atoms with Crippen LogP contribution in [0.1, 0.15) is 23.7 Å². The largest absolute Gasteiger partial charge is 0.493 e. The number of hydrogen-bond donors (Lipinski definition) is 1. The number of nitrogens with zero attached hydrogens (tertiary/aromatic N) is 1. The number of aldehydes is 1. The number of carbonyl (C=O) groups is 2. The van der Waals surface area contributed by atoms with E-state index in [2.05, 4.69) is 0 Å². The van der Waals surface area contributed by atoms with Crippen LogP contribution in [0.4, 0.5) is 5.69 Å². The minimum absolute atomic E-state index is 0.0125. The van der Waals surface area contributed by atoms with Gasteiger partial charge in [-0.1, -0.05) is 0 Å². The Morgan fingerprint density at radius 1 is 1.50 bits per heavy atom. The number of ether oxygens (including phenoxy) is 2. The van der Waals surface area contributed by atoms with E-state index in [-0.39, 0.29) is 23.5 Å². The lowest BCUT2D eigenvalue weighted by Crippen LogP contribution is -2.17. The van der Waals surface area contributed by atoms with Gasteiger partial charge in [-0.15, -0.1) is 0 Å². The highest BCUT2D eigenvalue weighted by Crippen LogP contribution is 2.34. The van der Waals surface area contributed by atoms with Gasteiger partial charge in [-0.25, -0.2) is 0 Å². The van der Waals surface area contributed by atoms with E-state index in [9.17, 15) is 19.7 Å². The fourth-order valence-electron chi connectivity index (χ4n) is 1.57. The number of benzene rings is 1. The first-order valence-electron chi connectivity index (χ1n) is 5.59. The average molecular weight is 283 g/mol. The quantitative estimate of drug-likeness (QED) is 0.459. The second kappa shape index (κ2) is 6.50. The van der Waals surface area contributed by atoms with Crippen LogP contribution >= 0.6 is 0 Å². The summed E-state index contributed by atoms with van der Waals surface area (Å²) < 4.78 is 10.3. The zero-order chi connectivity index (χ0) is 15.3. The van der Waals surface area contributed by atoms with Crippen molar-refractivity contribution in [3.05, 3.63) is 27.8 Å². The van der Waals surface area contributed by atoms with Crippen LogP contribution in [0.2, 0.25) is 0 Å². The van der Waals surface area contributed by atoms with Crippen LogP contribution in [0.5, 0.6) is 11.5 Å². The first-order valence-corrected chi connectivity index (χ1v) is 5.59. The molecule has 0 saturated carbocycles. The number of hydrogen-bond acceptors (Lipinski definition) is 6. The molecule has 0 heterocycles. The zero-order valence-electron chi connectivity index (χ0n) is 10.9. The molecule has 0 amide bonds. The Morgan fingerprint density at radius 2 is 2.15 bits per heavy atom. The SMILES string of the molecule is COc1cc(C=O)c([N+](=O)[O-])cc1OC(C)CC(=O)O. The van der Waals surface area contributed by atoms with E-state index in [0.717, 1.165) is 6.07 Å². The van der Waals surface area contributed by atoms with Crippen LogP contribution < -0.4 is 9.47 Å². The van der Waals surface area contributed by atoms with Gasteiger partial charge in [0.15, 0.2) is 17.8 Å². The molecule has 20 heavy (non-hydrogen) atoms. The number of carboxylic acid groups (broad SMARTS) is 1. The Labute approximate surface area is 114 Å². The molecule has 8 nitrogen and oxygen atoms in total. The van der Waals surface area contributed by atoms with E-state index in [1.165, 1.54) is 20.1 Å². The lowest BCUT2D eigenvalue weighted by Gasteiger charge is -2.15. The van der Waals surface area contributed by atoms with E-state index in [0.29, 0.717) is 6.29 Å². The maximum atomic E-state index is 10.9. The molecule has 1 rings (SSSR count). The van der Waals surface area contributed by atoms with Crippen molar-refractivity contribution in [1.29, 1.82) is 0 Å². The van der Waals surface area contributed by atoms with Gasteiger partial charge in [-0.2, -0.15) is 0 Å².